The maximum atomic E-state index is 10.9. The predicted molar refractivity (Wildman–Crippen MR) is 37.9 cm³/mol. The Morgan fingerprint density at radius 1 is 1.58 bits per heavy atom. The van der Waals surface area contributed by atoms with E-state index in [-0.39, 0.29) is 12.3 Å². The number of ether oxygens (including phenoxy) is 1. The molecule has 0 aromatic rings. The third-order valence-electron chi connectivity index (χ3n) is 1.51. The molecular weight excluding hydrogens is 162 g/mol. The van der Waals surface area contributed by atoms with E-state index in [1.54, 1.807) is 0 Å². The van der Waals surface area contributed by atoms with Gasteiger partial charge in [-0.1, -0.05) is 0 Å². The smallest absolute Gasteiger partial charge is 0.336 e. The number of hydrogen-bond acceptors (Lipinski definition) is 4. The van der Waals surface area contributed by atoms with Gasteiger partial charge in [0.1, 0.15) is 6.04 Å². The number of rotatable bonds is 1. The van der Waals surface area contributed by atoms with Gasteiger partial charge in [0.2, 0.25) is 5.91 Å². The van der Waals surface area contributed by atoms with E-state index in [4.69, 9.17) is 0 Å². The van der Waals surface area contributed by atoms with Crippen LogP contribution in [0.2, 0.25) is 0 Å². The predicted octanol–water partition coefficient (Wildman–Crippen LogP) is -0.645. The van der Waals surface area contributed by atoms with Crippen LogP contribution in [-0.4, -0.2) is 23.9 Å². The van der Waals surface area contributed by atoms with E-state index in [1.807, 2.05) is 0 Å². The number of carbonyl (C=O) groups excluding carboxylic acids is 3. The lowest BCUT2D eigenvalue weighted by Crippen LogP contribution is -2.44. The summed E-state index contributed by atoms with van der Waals surface area (Å²) in [7, 11) is 0. The summed E-state index contributed by atoms with van der Waals surface area (Å²) < 4.78 is 4.31. The molecule has 0 aromatic heterocycles. The third-order valence-corrected chi connectivity index (χ3v) is 1.51. The fraction of sp³-hybridized carbons (Fsp3) is 0.571. The molecule has 5 nitrogen and oxygen atoms in total. The zero-order valence-electron chi connectivity index (χ0n) is 6.62. The van der Waals surface area contributed by atoms with Gasteiger partial charge in [0.15, 0.2) is 0 Å². The molecule has 1 rings (SSSR count). The number of cyclic esters (lactones) is 2. The zero-order valence-corrected chi connectivity index (χ0v) is 6.62. The summed E-state index contributed by atoms with van der Waals surface area (Å²) in [5.41, 5.74) is 0. The highest BCUT2D eigenvalue weighted by atomic mass is 16.6. The van der Waals surface area contributed by atoms with E-state index < -0.39 is 18.0 Å². The Morgan fingerprint density at radius 2 is 2.25 bits per heavy atom. The Bertz CT molecular complexity index is 236. The van der Waals surface area contributed by atoms with Crippen molar-refractivity contribution in [3.8, 4) is 0 Å². The van der Waals surface area contributed by atoms with Gasteiger partial charge in [0.25, 0.3) is 0 Å². The summed E-state index contributed by atoms with van der Waals surface area (Å²) in [4.78, 5) is 32.0. The molecule has 0 aromatic carbocycles. The first-order chi connectivity index (χ1) is 5.59. The van der Waals surface area contributed by atoms with Crippen LogP contribution in [0.4, 0.5) is 0 Å². The largest absolute Gasteiger partial charge is 0.392 e. The van der Waals surface area contributed by atoms with Crippen molar-refractivity contribution < 1.29 is 19.1 Å². The lowest BCUT2D eigenvalue weighted by Gasteiger charge is -2.19. The Hall–Kier alpha value is -1.39. The van der Waals surface area contributed by atoms with Gasteiger partial charge in [-0.3, -0.25) is 9.59 Å². The van der Waals surface area contributed by atoms with Crippen molar-refractivity contribution >= 4 is 17.8 Å². The van der Waals surface area contributed by atoms with Crippen LogP contribution >= 0.6 is 0 Å². The molecule has 1 fully saturated rings. The van der Waals surface area contributed by atoms with Crippen molar-refractivity contribution in [1.82, 2.24) is 5.32 Å². The molecule has 1 aliphatic rings. The lowest BCUT2D eigenvalue weighted by atomic mass is 10.1. The van der Waals surface area contributed by atoms with Crippen LogP contribution in [0, 0.1) is 0 Å². The highest BCUT2D eigenvalue weighted by Gasteiger charge is 2.29. The van der Waals surface area contributed by atoms with Crippen LogP contribution in [0.3, 0.4) is 0 Å². The minimum atomic E-state index is -0.665. The van der Waals surface area contributed by atoms with Gasteiger partial charge in [-0.05, 0) is 6.42 Å². The molecule has 0 aliphatic carbocycles. The van der Waals surface area contributed by atoms with E-state index in [2.05, 4.69) is 10.1 Å². The van der Waals surface area contributed by atoms with Gasteiger partial charge in [-0.2, -0.15) is 0 Å². The second kappa shape index (κ2) is 3.34. The third kappa shape index (κ3) is 2.05. The molecule has 66 valence electrons. The maximum absolute atomic E-state index is 10.9. The first kappa shape index (κ1) is 8.70. The Labute approximate surface area is 69.1 Å². The molecule has 5 heteroatoms. The van der Waals surface area contributed by atoms with E-state index in [9.17, 15) is 14.4 Å². The molecule has 1 atom stereocenters. The van der Waals surface area contributed by atoms with Gasteiger partial charge in [-0.15, -0.1) is 0 Å². The topological polar surface area (TPSA) is 72.5 Å². The van der Waals surface area contributed by atoms with Gasteiger partial charge in [-0.25, -0.2) is 4.79 Å². The first-order valence-corrected chi connectivity index (χ1v) is 3.61. The Kier molecular flexibility index (Phi) is 2.42. The summed E-state index contributed by atoms with van der Waals surface area (Å²) in [6.07, 6.45) is 0.508. The molecular formula is C7H9NO4. The van der Waals surface area contributed by atoms with Crippen LogP contribution < -0.4 is 5.32 Å². The summed E-state index contributed by atoms with van der Waals surface area (Å²) in [6, 6.07) is -0.653. The second-order valence-electron chi connectivity index (χ2n) is 2.58. The van der Waals surface area contributed by atoms with Gasteiger partial charge >= 0.3 is 11.9 Å². The van der Waals surface area contributed by atoms with Gasteiger partial charge in [0.05, 0.1) is 0 Å². The molecule has 12 heavy (non-hydrogen) atoms. The lowest BCUT2D eigenvalue weighted by molar-refractivity contribution is -0.166. The minimum absolute atomic E-state index is 0.177. The van der Waals surface area contributed by atoms with Crippen molar-refractivity contribution in [2.24, 2.45) is 0 Å². The fourth-order valence-electron chi connectivity index (χ4n) is 0.991. The van der Waals surface area contributed by atoms with Crippen molar-refractivity contribution in [3.05, 3.63) is 0 Å². The zero-order chi connectivity index (χ0) is 9.14. The molecule has 1 amide bonds. The highest BCUT2D eigenvalue weighted by molar-refractivity contribution is 5.93. The van der Waals surface area contributed by atoms with E-state index in [0.717, 1.165) is 0 Å². The first-order valence-electron chi connectivity index (χ1n) is 3.61. The quantitative estimate of drug-likeness (QED) is 0.420. The van der Waals surface area contributed by atoms with Crippen LogP contribution in [0.1, 0.15) is 19.8 Å². The van der Waals surface area contributed by atoms with Crippen LogP contribution in [0.15, 0.2) is 0 Å². The average Bonchev–Trinajstić information content (AvgIpc) is 1.94. The molecule has 0 saturated carbocycles. The SMILES string of the molecule is CC(=O)NC1CCC(=O)OC1=O. The summed E-state index contributed by atoms with van der Waals surface area (Å²) in [5.74, 6) is -1.49. The minimum Gasteiger partial charge on any atom is -0.392 e. The molecule has 0 bridgehead atoms. The number of carbonyl (C=O) groups is 3. The number of esters is 2. The normalized spacial score (nSPS) is 23.2. The van der Waals surface area contributed by atoms with Gasteiger partial charge in [0, 0.05) is 13.3 Å². The number of nitrogens with one attached hydrogen (secondary N) is 1. The highest BCUT2D eigenvalue weighted by Crippen LogP contribution is 2.08. The molecule has 1 unspecified atom stereocenters. The summed E-state index contributed by atoms with van der Waals surface area (Å²) in [6.45, 7) is 1.31. The molecule has 1 saturated heterocycles. The Morgan fingerprint density at radius 3 is 2.75 bits per heavy atom. The summed E-state index contributed by atoms with van der Waals surface area (Å²) >= 11 is 0. The number of hydrogen-bond donors (Lipinski definition) is 1. The van der Waals surface area contributed by atoms with Crippen molar-refractivity contribution in [3.63, 3.8) is 0 Å². The van der Waals surface area contributed by atoms with Crippen LogP contribution in [-0.2, 0) is 19.1 Å². The average molecular weight is 171 g/mol. The molecule has 1 heterocycles. The van der Waals surface area contributed by atoms with Crippen molar-refractivity contribution in [1.29, 1.82) is 0 Å². The second-order valence-corrected chi connectivity index (χ2v) is 2.58. The van der Waals surface area contributed by atoms with E-state index in [1.165, 1.54) is 6.92 Å². The van der Waals surface area contributed by atoms with Crippen molar-refractivity contribution in [2.75, 3.05) is 0 Å². The number of amides is 1. The van der Waals surface area contributed by atoms with Crippen molar-refractivity contribution in [2.45, 2.75) is 25.8 Å². The standard InChI is InChI=1S/C7H9NO4/c1-4(9)8-5-2-3-6(10)12-7(5)11/h5H,2-3H2,1H3,(H,8,9). The molecule has 1 N–H and O–H groups in total. The van der Waals surface area contributed by atoms with E-state index >= 15 is 0 Å². The molecule has 0 spiro atoms. The summed E-state index contributed by atoms with van der Waals surface area (Å²) in [5, 5.41) is 2.39. The monoisotopic (exact) mass is 171 g/mol. The van der Waals surface area contributed by atoms with Gasteiger partial charge < -0.3 is 10.1 Å². The molecule has 1 aliphatic heterocycles. The van der Waals surface area contributed by atoms with E-state index in [0.29, 0.717) is 6.42 Å². The van der Waals surface area contributed by atoms with Crippen LogP contribution in [0.25, 0.3) is 0 Å². The molecule has 0 radical (unpaired) electrons. The maximum Gasteiger partial charge on any atom is 0.336 e. The Balaban J connectivity index is 2.51. The van der Waals surface area contributed by atoms with Crippen LogP contribution in [0.5, 0.6) is 0 Å². The fourth-order valence-corrected chi connectivity index (χ4v) is 0.991.